The fraction of sp³-hybridized carbons (Fsp3) is 0.606. The Bertz CT molecular complexity index is 1300. The molecule has 3 saturated carbocycles. The van der Waals surface area contributed by atoms with Crippen molar-refractivity contribution in [2.24, 2.45) is 11.8 Å². The van der Waals surface area contributed by atoms with E-state index in [-0.39, 0.29) is 34.7 Å². The van der Waals surface area contributed by atoms with Crippen molar-refractivity contribution in [1.82, 2.24) is 15.2 Å². The molecule has 3 N–H and O–H groups in total. The van der Waals surface area contributed by atoms with Gasteiger partial charge in [-0.3, -0.25) is 14.4 Å². The van der Waals surface area contributed by atoms with Gasteiger partial charge in [0.1, 0.15) is 0 Å². The Labute approximate surface area is 238 Å². The van der Waals surface area contributed by atoms with Gasteiger partial charge in [0.05, 0.1) is 11.5 Å². The van der Waals surface area contributed by atoms with Crippen molar-refractivity contribution in [3.63, 3.8) is 0 Å². The Morgan fingerprint density at radius 2 is 1.68 bits per heavy atom. The Morgan fingerprint density at radius 3 is 2.27 bits per heavy atom. The first-order valence-electron chi connectivity index (χ1n) is 15.1. The van der Waals surface area contributed by atoms with E-state index in [2.05, 4.69) is 28.2 Å². The molecule has 0 aliphatic heterocycles. The zero-order chi connectivity index (χ0) is 28.8. The van der Waals surface area contributed by atoms with Gasteiger partial charge in [0.25, 0.3) is 11.8 Å². The molecule has 3 aliphatic carbocycles. The Balaban J connectivity index is 1.52. The highest BCUT2D eigenvalue weighted by Crippen LogP contribution is 2.49. The number of nitrogens with one attached hydrogen (secondary N) is 2. The van der Waals surface area contributed by atoms with E-state index < -0.39 is 5.97 Å². The van der Waals surface area contributed by atoms with Crippen LogP contribution in [0, 0.1) is 18.8 Å². The summed E-state index contributed by atoms with van der Waals surface area (Å²) in [4.78, 5) is 38.0. The topological polar surface area (TPSA) is 100 Å². The van der Waals surface area contributed by atoms with Crippen LogP contribution in [0.1, 0.15) is 117 Å². The third-order valence-corrected chi connectivity index (χ3v) is 9.28. The number of carboxylic acids is 1. The van der Waals surface area contributed by atoms with Gasteiger partial charge in [-0.05, 0) is 113 Å². The first-order valence-corrected chi connectivity index (χ1v) is 15.1. The molecular weight excluding hydrogens is 502 g/mol. The minimum absolute atomic E-state index is 0.0771. The molecule has 0 radical (unpaired) electrons. The average molecular weight is 548 g/mol. The number of nitrogens with zero attached hydrogens (tertiary/aromatic N) is 1. The SMILES string of the molecule is Cc1c(C(=O)N[C@H]2C[C@H](C(=O)O)C2)cc(-c2cc(C(=O)NC(C)(C)C)cc(C3(C)CC3)c2)n1CC1CCCCC1. The van der Waals surface area contributed by atoms with E-state index in [4.69, 9.17) is 0 Å². The highest BCUT2D eigenvalue weighted by molar-refractivity contribution is 5.98. The predicted octanol–water partition coefficient (Wildman–Crippen LogP) is 6.22. The van der Waals surface area contributed by atoms with E-state index in [9.17, 15) is 19.5 Å². The van der Waals surface area contributed by atoms with Crippen LogP contribution in [-0.4, -0.2) is 39.0 Å². The lowest BCUT2D eigenvalue weighted by Gasteiger charge is -2.32. The maximum atomic E-state index is 13.5. The first-order chi connectivity index (χ1) is 18.8. The molecule has 40 heavy (non-hydrogen) atoms. The minimum atomic E-state index is -0.793. The average Bonchev–Trinajstić information content (AvgIpc) is 3.54. The van der Waals surface area contributed by atoms with Crippen LogP contribution in [0.25, 0.3) is 11.3 Å². The third kappa shape index (κ3) is 6.13. The van der Waals surface area contributed by atoms with E-state index in [1.54, 1.807) is 0 Å². The van der Waals surface area contributed by atoms with Gasteiger partial charge in [-0.15, -0.1) is 0 Å². The van der Waals surface area contributed by atoms with Crippen LogP contribution in [0.4, 0.5) is 0 Å². The van der Waals surface area contributed by atoms with Crippen LogP contribution < -0.4 is 10.6 Å². The molecule has 0 unspecified atom stereocenters. The summed E-state index contributed by atoms with van der Waals surface area (Å²) in [6, 6.07) is 8.12. The summed E-state index contributed by atoms with van der Waals surface area (Å²) in [5, 5.41) is 15.4. The van der Waals surface area contributed by atoms with E-state index in [0.29, 0.717) is 29.9 Å². The van der Waals surface area contributed by atoms with E-state index in [1.165, 1.54) is 37.7 Å². The van der Waals surface area contributed by atoms with Gasteiger partial charge in [0.15, 0.2) is 0 Å². The zero-order valence-electron chi connectivity index (χ0n) is 24.7. The second-order valence-corrected chi connectivity index (χ2v) is 13.9. The number of carbonyl (C=O) groups is 3. The van der Waals surface area contributed by atoms with E-state index in [1.807, 2.05) is 45.9 Å². The van der Waals surface area contributed by atoms with Crippen molar-refractivity contribution in [3.05, 3.63) is 46.6 Å². The Hall–Kier alpha value is -3.09. The number of aromatic nitrogens is 1. The number of hydrogen-bond donors (Lipinski definition) is 3. The fourth-order valence-corrected chi connectivity index (χ4v) is 6.32. The Morgan fingerprint density at radius 1 is 1.00 bits per heavy atom. The molecule has 1 aromatic heterocycles. The molecule has 216 valence electrons. The monoisotopic (exact) mass is 547 g/mol. The molecule has 3 aliphatic rings. The summed E-state index contributed by atoms with van der Waals surface area (Å²) in [5.41, 5.74) is 5.06. The lowest BCUT2D eigenvalue weighted by atomic mass is 9.80. The number of benzene rings is 1. The summed E-state index contributed by atoms with van der Waals surface area (Å²) in [6.45, 7) is 11.1. The maximum absolute atomic E-state index is 13.5. The Kier molecular flexibility index (Phi) is 7.62. The van der Waals surface area contributed by atoms with Crippen LogP contribution in [0.15, 0.2) is 24.3 Å². The van der Waals surface area contributed by atoms with Gasteiger partial charge in [-0.25, -0.2) is 0 Å². The third-order valence-electron chi connectivity index (χ3n) is 9.28. The standard InChI is InChI=1S/C33H45N3O4/c1-20-27(30(38)34-26-16-24(17-26)31(39)40)18-28(36(20)19-21-9-7-6-8-10-21)22-13-23(29(37)35-32(2,3)4)15-25(14-22)33(5)11-12-33/h13-15,18,21,24,26H,6-12,16-17,19H2,1-5H3,(H,34,38)(H,35,37)(H,39,40)/t24-,26-. The van der Waals surface area contributed by atoms with Crippen molar-refractivity contribution in [2.45, 2.75) is 116 Å². The summed E-state index contributed by atoms with van der Waals surface area (Å²) in [5.74, 6) is -0.839. The van der Waals surface area contributed by atoms with Gasteiger partial charge in [0.2, 0.25) is 0 Å². The van der Waals surface area contributed by atoms with Crippen molar-refractivity contribution in [2.75, 3.05) is 0 Å². The second kappa shape index (κ2) is 10.7. The predicted molar refractivity (Wildman–Crippen MR) is 157 cm³/mol. The summed E-state index contributed by atoms with van der Waals surface area (Å²) >= 11 is 0. The molecule has 0 saturated heterocycles. The van der Waals surface area contributed by atoms with Crippen LogP contribution in [0.5, 0.6) is 0 Å². The van der Waals surface area contributed by atoms with Gasteiger partial charge in [-0.2, -0.15) is 0 Å². The van der Waals surface area contributed by atoms with Crippen molar-refractivity contribution in [1.29, 1.82) is 0 Å². The molecule has 0 atom stereocenters. The molecule has 1 heterocycles. The molecule has 2 amide bonds. The number of rotatable bonds is 8. The minimum Gasteiger partial charge on any atom is -0.481 e. The summed E-state index contributed by atoms with van der Waals surface area (Å²) in [7, 11) is 0. The molecule has 3 fully saturated rings. The van der Waals surface area contributed by atoms with Crippen LogP contribution in [-0.2, 0) is 16.8 Å². The smallest absolute Gasteiger partial charge is 0.306 e. The number of carbonyl (C=O) groups excluding carboxylic acids is 2. The molecule has 1 aromatic carbocycles. The van der Waals surface area contributed by atoms with Crippen LogP contribution >= 0.6 is 0 Å². The number of aliphatic carboxylic acids is 1. The first kappa shape index (κ1) is 28.4. The zero-order valence-corrected chi connectivity index (χ0v) is 24.7. The molecule has 7 heteroatoms. The van der Waals surface area contributed by atoms with Crippen molar-refractivity contribution in [3.8, 4) is 11.3 Å². The van der Waals surface area contributed by atoms with E-state index >= 15 is 0 Å². The highest BCUT2D eigenvalue weighted by Gasteiger charge is 2.40. The van der Waals surface area contributed by atoms with Crippen molar-refractivity contribution >= 4 is 17.8 Å². The van der Waals surface area contributed by atoms with Gasteiger partial charge >= 0.3 is 5.97 Å². The summed E-state index contributed by atoms with van der Waals surface area (Å²) in [6.07, 6.45) is 9.30. The highest BCUT2D eigenvalue weighted by atomic mass is 16.4. The quantitative estimate of drug-likeness (QED) is 0.365. The van der Waals surface area contributed by atoms with Gasteiger partial charge in [-0.1, -0.05) is 26.2 Å². The van der Waals surface area contributed by atoms with E-state index in [0.717, 1.165) is 36.3 Å². The molecule has 0 spiro atoms. The normalized spacial score (nSPS) is 22.3. The number of carboxylic acid groups (broad SMARTS) is 1. The van der Waals surface area contributed by atoms with Crippen LogP contribution in [0.3, 0.4) is 0 Å². The number of hydrogen-bond acceptors (Lipinski definition) is 3. The molecule has 7 nitrogen and oxygen atoms in total. The van der Waals surface area contributed by atoms with Crippen molar-refractivity contribution < 1.29 is 19.5 Å². The number of amides is 2. The second-order valence-electron chi connectivity index (χ2n) is 13.9. The largest absolute Gasteiger partial charge is 0.481 e. The molecular formula is C33H45N3O4. The molecule has 0 bridgehead atoms. The molecule has 2 aromatic rings. The lowest BCUT2D eigenvalue weighted by molar-refractivity contribution is -0.145. The summed E-state index contributed by atoms with van der Waals surface area (Å²) < 4.78 is 2.30. The maximum Gasteiger partial charge on any atom is 0.306 e. The van der Waals surface area contributed by atoms with Gasteiger partial charge in [0, 0.05) is 35.1 Å². The van der Waals surface area contributed by atoms with Crippen LogP contribution in [0.2, 0.25) is 0 Å². The lowest BCUT2D eigenvalue weighted by Crippen LogP contribution is -2.46. The fourth-order valence-electron chi connectivity index (χ4n) is 6.32. The molecule has 5 rings (SSSR count). The van der Waals surface area contributed by atoms with Gasteiger partial charge < -0.3 is 20.3 Å².